The fourth-order valence-electron chi connectivity index (χ4n) is 1.86. The van der Waals surface area contributed by atoms with Gasteiger partial charge < -0.3 is 4.74 Å². The van der Waals surface area contributed by atoms with Gasteiger partial charge in [0.1, 0.15) is 10.9 Å². The molecule has 1 unspecified atom stereocenters. The Kier molecular flexibility index (Phi) is 9.51. The van der Waals surface area contributed by atoms with E-state index in [0.29, 0.717) is 24.5 Å². The van der Waals surface area contributed by atoms with Gasteiger partial charge in [-0.25, -0.2) is 0 Å². The Morgan fingerprint density at radius 2 is 1.68 bits per heavy atom. The van der Waals surface area contributed by atoms with Gasteiger partial charge in [0, 0.05) is 6.42 Å². The van der Waals surface area contributed by atoms with E-state index in [1.165, 1.54) is 11.8 Å². The highest BCUT2D eigenvalue weighted by molar-refractivity contribution is 8.00. The molecule has 1 atom stereocenters. The summed E-state index contributed by atoms with van der Waals surface area (Å²) in [4.78, 5) is 12.2. The summed E-state index contributed by atoms with van der Waals surface area (Å²) in [6, 6.07) is 0. The van der Waals surface area contributed by atoms with Crippen molar-refractivity contribution in [1.29, 1.82) is 0 Å². The van der Waals surface area contributed by atoms with E-state index in [1.807, 2.05) is 34.6 Å². The Morgan fingerprint density at radius 3 is 2.14 bits per heavy atom. The minimum Gasteiger partial charge on any atom is -0.459 e. The standard InChI is InChI=1S/C16H29F3O2S/c1-12(2)11-13(14(20)21-15(3,4)5)22-10-8-6-7-9-16(17,18)19/h12-13H,6-11H2,1-5H3. The number of ether oxygens (including phenoxy) is 1. The third-order valence-corrected chi connectivity index (χ3v) is 4.09. The molecule has 0 aromatic heterocycles. The zero-order valence-corrected chi connectivity index (χ0v) is 15.1. The molecule has 0 aromatic rings. The Hall–Kier alpha value is -0.390. The van der Waals surface area contributed by atoms with E-state index in [2.05, 4.69) is 0 Å². The van der Waals surface area contributed by atoms with Crippen LogP contribution < -0.4 is 0 Å². The Bertz CT molecular complexity index is 322. The van der Waals surface area contributed by atoms with Crippen LogP contribution in [0.2, 0.25) is 0 Å². The van der Waals surface area contributed by atoms with Crippen LogP contribution in [-0.2, 0) is 9.53 Å². The molecule has 6 heteroatoms. The maximum atomic E-state index is 12.2. The lowest BCUT2D eigenvalue weighted by Gasteiger charge is -2.24. The van der Waals surface area contributed by atoms with E-state index in [1.54, 1.807) is 0 Å². The first-order chi connectivity index (χ1) is 9.91. The van der Waals surface area contributed by atoms with Crippen molar-refractivity contribution in [2.24, 2.45) is 5.92 Å². The van der Waals surface area contributed by atoms with Crippen molar-refractivity contribution in [1.82, 2.24) is 0 Å². The van der Waals surface area contributed by atoms with Gasteiger partial charge in [0.2, 0.25) is 0 Å². The van der Waals surface area contributed by atoms with Gasteiger partial charge >= 0.3 is 12.1 Å². The third kappa shape index (κ3) is 13.3. The fourth-order valence-corrected chi connectivity index (χ4v) is 3.22. The summed E-state index contributed by atoms with van der Waals surface area (Å²) in [7, 11) is 0. The zero-order valence-electron chi connectivity index (χ0n) is 14.3. The van der Waals surface area contributed by atoms with E-state index in [0.717, 1.165) is 6.42 Å². The molecule has 0 aliphatic rings. The van der Waals surface area contributed by atoms with E-state index < -0.39 is 18.2 Å². The first kappa shape index (κ1) is 21.6. The molecule has 0 amide bonds. The summed E-state index contributed by atoms with van der Waals surface area (Å²) in [6.07, 6.45) is -2.68. The smallest absolute Gasteiger partial charge is 0.389 e. The van der Waals surface area contributed by atoms with Gasteiger partial charge in [-0.1, -0.05) is 20.3 Å². The topological polar surface area (TPSA) is 26.3 Å². The molecule has 0 bridgehead atoms. The average molecular weight is 342 g/mol. The van der Waals surface area contributed by atoms with Gasteiger partial charge in [-0.05, 0) is 51.7 Å². The van der Waals surface area contributed by atoms with E-state index in [4.69, 9.17) is 4.74 Å². The molecule has 0 heterocycles. The fraction of sp³-hybridized carbons (Fsp3) is 0.938. The van der Waals surface area contributed by atoms with Crippen molar-refractivity contribution >= 4 is 17.7 Å². The number of carbonyl (C=O) groups is 1. The average Bonchev–Trinajstić information content (AvgIpc) is 2.27. The molecule has 0 rings (SSSR count). The SMILES string of the molecule is CC(C)CC(SCCCCCC(F)(F)F)C(=O)OC(C)(C)C. The van der Waals surface area contributed by atoms with Gasteiger partial charge in [-0.15, -0.1) is 11.8 Å². The Morgan fingerprint density at radius 1 is 1.09 bits per heavy atom. The molecule has 0 radical (unpaired) electrons. The van der Waals surface area contributed by atoms with Crippen LogP contribution in [-0.4, -0.2) is 28.7 Å². The quantitative estimate of drug-likeness (QED) is 0.403. The lowest BCUT2D eigenvalue weighted by atomic mass is 10.1. The Balaban J connectivity index is 4.13. The minimum atomic E-state index is -4.07. The minimum absolute atomic E-state index is 0.158. The van der Waals surface area contributed by atoms with E-state index in [-0.39, 0.29) is 17.6 Å². The summed E-state index contributed by atoms with van der Waals surface area (Å²) in [5.74, 6) is 0.839. The van der Waals surface area contributed by atoms with Crippen molar-refractivity contribution in [2.75, 3.05) is 5.75 Å². The van der Waals surface area contributed by atoms with Crippen molar-refractivity contribution in [3.63, 3.8) is 0 Å². The largest absolute Gasteiger partial charge is 0.459 e. The highest BCUT2D eigenvalue weighted by atomic mass is 32.2. The molecule has 22 heavy (non-hydrogen) atoms. The molecule has 0 fully saturated rings. The molecule has 0 saturated carbocycles. The van der Waals surface area contributed by atoms with Gasteiger partial charge in [-0.3, -0.25) is 4.79 Å². The predicted molar refractivity (Wildman–Crippen MR) is 86.1 cm³/mol. The molecule has 2 nitrogen and oxygen atoms in total. The van der Waals surface area contributed by atoms with Crippen LogP contribution in [0.25, 0.3) is 0 Å². The lowest BCUT2D eigenvalue weighted by molar-refractivity contribution is -0.154. The number of thioether (sulfide) groups is 1. The van der Waals surface area contributed by atoms with Crippen LogP contribution in [0.4, 0.5) is 13.2 Å². The van der Waals surface area contributed by atoms with Gasteiger partial charge in [0.25, 0.3) is 0 Å². The zero-order chi connectivity index (χ0) is 17.4. The predicted octanol–water partition coefficient (Wildman–Crippen LogP) is 5.60. The first-order valence-electron chi connectivity index (χ1n) is 7.82. The van der Waals surface area contributed by atoms with Crippen molar-refractivity contribution < 1.29 is 22.7 Å². The maximum Gasteiger partial charge on any atom is 0.389 e. The first-order valence-corrected chi connectivity index (χ1v) is 8.87. The molecular weight excluding hydrogens is 313 g/mol. The number of hydrogen-bond acceptors (Lipinski definition) is 3. The summed E-state index contributed by atoms with van der Waals surface area (Å²) in [5.41, 5.74) is -0.514. The van der Waals surface area contributed by atoms with Gasteiger partial charge in [0.05, 0.1) is 0 Å². The number of unbranched alkanes of at least 4 members (excludes halogenated alkanes) is 2. The van der Waals surface area contributed by atoms with Gasteiger partial charge in [0.15, 0.2) is 0 Å². The van der Waals surface area contributed by atoms with Crippen molar-refractivity contribution in [3.8, 4) is 0 Å². The second kappa shape index (κ2) is 9.68. The maximum absolute atomic E-state index is 12.2. The third-order valence-electron chi connectivity index (χ3n) is 2.78. The van der Waals surface area contributed by atoms with Crippen molar-refractivity contribution in [2.45, 2.75) is 83.8 Å². The summed E-state index contributed by atoms with van der Waals surface area (Å²) in [5, 5.41) is -0.234. The number of carbonyl (C=O) groups excluding carboxylic acids is 1. The molecule has 0 aliphatic carbocycles. The Labute approximate surface area is 136 Å². The molecule has 0 aliphatic heterocycles. The van der Waals surface area contributed by atoms with Crippen LogP contribution in [0.5, 0.6) is 0 Å². The molecule has 132 valence electrons. The molecule has 0 spiro atoms. The monoisotopic (exact) mass is 342 g/mol. The van der Waals surface area contributed by atoms with Crippen LogP contribution in [0.15, 0.2) is 0 Å². The molecular formula is C16H29F3O2S. The number of alkyl halides is 3. The van der Waals surface area contributed by atoms with Crippen LogP contribution in [0, 0.1) is 5.92 Å². The van der Waals surface area contributed by atoms with E-state index in [9.17, 15) is 18.0 Å². The number of rotatable bonds is 9. The molecule has 0 aromatic carbocycles. The van der Waals surface area contributed by atoms with Crippen LogP contribution >= 0.6 is 11.8 Å². The highest BCUT2D eigenvalue weighted by Gasteiger charge is 2.27. The lowest BCUT2D eigenvalue weighted by Crippen LogP contribution is -2.31. The second-order valence-corrected chi connectivity index (χ2v) is 8.26. The number of esters is 1. The summed E-state index contributed by atoms with van der Waals surface area (Å²) < 4.78 is 41.5. The van der Waals surface area contributed by atoms with Crippen LogP contribution in [0.1, 0.15) is 66.7 Å². The van der Waals surface area contributed by atoms with Crippen LogP contribution in [0.3, 0.4) is 0 Å². The van der Waals surface area contributed by atoms with Crippen molar-refractivity contribution in [3.05, 3.63) is 0 Å². The highest BCUT2D eigenvalue weighted by Crippen LogP contribution is 2.26. The summed E-state index contributed by atoms with van der Waals surface area (Å²) in [6.45, 7) is 9.58. The normalized spacial score (nSPS) is 14.2. The number of hydrogen-bond donors (Lipinski definition) is 0. The van der Waals surface area contributed by atoms with E-state index >= 15 is 0 Å². The molecule has 0 saturated heterocycles. The number of halogens is 3. The summed E-state index contributed by atoms with van der Waals surface area (Å²) >= 11 is 1.50. The van der Waals surface area contributed by atoms with Gasteiger partial charge in [-0.2, -0.15) is 13.2 Å². The second-order valence-electron chi connectivity index (χ2n) is 6.95. The molecule has 0 N–H and O–H groups in total.